The number of unbranched alkanes of at least 4 members (excludes halogenated alkanes) is 10. The van der Waals surface area contributed by atoms with E-state index in [9.17, 15) is 13.0 Å². The summed E-state index contributed by atoms with van der Waals surface area (Å²) in [6.45, 7) is 2.24. The van der Waals surface area contributed by atoms with E-state index in [1.807, 2.05) is 0 Å². The molecule has 0 aliphatic carbocycles. The third kappa shape index (κ3) is 21.0. The SMILES string of the molecule is CCCCCCCCCCCC/C=C/CS(=O)(=O)[O-].[Na+]. The second-order valence-corrected chi connectivity index (χ2v) is 6.62. The van der Waals surface area contributed by atoms with E-state index in [1.165, 1.54) is 63.9 Å². The van der Waals surface area contributed by atoms with Crippen LogP contribution in [0.25, 0.3) is 0 Å². The van der Waals surface area contributed by atoms with Gasteiger partial charge in [-0.05, 0) is 12.8 Å². The van der Waals surface area contributed by atoms with E-state index in [1.54, 1.807) is 6.08 Å². The molecule has 0 aromatic carbocycles. The molecule has 0 heterocycles. The Hall–Kier alpha value is 0.650. The molecule has 0 N–H and O–H groups in total. The van der Waals surface area contributed by atoms with Crippen LogP contribution in [-0.2, 0) is 10.1 Å². The van der Waals surface area contributed by atoms with Crippen LogP contribution in [0.4, 0.5) is 0 Å². The van der Waals surface area contributed by atoms with Crippen LogP contribution in [-0.4, -0.2) is 18.7 Å². The first-order valence-electron chi connectivity index (χ1n) is 7.65. The van der Waals surface area contributed by atoms with Gasteiger partial charge in [-0.3, -0.25) is 0 Å². The molecule has 0 atom stereocenters. The fourth-order valence-corrected chi connectivity index (χ4v) is 2.43. The van der Waals surface area contributed by atoms with Gasteiger partial charge in [0.15, 0.2) is 0 Å². The second-order valence-electron chi connectivity index (χ2n) is 5.17. The minimum absolute atomic E-state index is 0. The summed E-state index contributed by atoms with van der Waals surface area (Å²) in [5.74, 6) is -0.370. The Kier molecular flexibility index (Phi) is 18.4. The monoisotopic (exact) mass is 312 g/mol. The van der Waals surface area contributed by atoms with Crippen molar-refractivity contribution in [3.05, 3.63) is 12.2 Å². The first-order valence-corrected chi connectivity index (χ1v) is 9.22. The minimum Gasteiger partial charge on any atom is -0.748 e. The number of hydrogen-bond donors (Lipinski definition) is 0. The molecular weight excluding hydrogens is 283 g/mol. The summed E-state index contributed by atoms with van der Waals surface area (Å²) in [7, 11) is -4.08. The van der Waals surface area contributed by atoms with Gasteiger partial charge in [0.1, 0.15) is 0 Å². The van der Waals surface area contributed by atoms with Crippen molar-refractivity contribution in [1.29, 1.82) is 0 Å². The first kappa shape index (κ1) is 22.9. The molecule has 0 bridgehead atoms. The molecule has 20 heavy (non-hydrogen) atoms. The standard InChI is InChI=1S/C15H30O3S.Na/c1-2-3-4-5-6-7-8-9-10-11-12-13-14-15-19(16,17)18;/h13-14H,2-12,15H2,1H3,(H,16,17,18);/q;+1/p-1/b14-13+;. The molecule has 0 rings (SSSR count). The molecule has 114 valence electrons. The van der Waals surface area contributed by atoms with Crippen molar-refractivity contribution in [2.75, 3.05) is 5.75 Å². The van der Waals surface area contributed by atoms with Gasteiger partial charge < -0.3 is 4.55 Å². The molecule has 0 aliphatic rings. The van der Waals surface area contributed by atoms with E-state index in [0.717, 1.165) is 12.8 Å². The van der Waals surface area contributed by atoms with Crippen molar-refractivity contribution in [3.8, 4) is 0 Å². The molecule has 0 unspecified atom stereocenters. The van der Waals surface area contributed by atoms with Gasteiger partial charge in [-0.2, -0.15) is 0 Å². The maximum absolute atomic E-state index is 10.3. The van der Waals surface area contributed by atoms with E-state index >= 15 is 0 Å². The van der Waals surface area contributed by atoms with E-state index in [2.05, 4.69) is 6.92 Å². The maximum atomic E-state index is 10.3. The topological polar surface area (TPSA) is 57.2 Å². The third-order valence-corrected chi connectivity index (χ3v) is 3.79. The summed E-state index contributed by atoms with van der Waals surface area (Å²) in [5, 5.41) is 0. The van der Waals surface area contributed by atoms with Gasteiger partial charge in [-0.1, -0.05) is 76.9 Å². The van der Waals surface area contributed by atoms with Gasteiger partial charge in [0, 0.05) is 0 Å². The maximum Gasteiger partial charge on any atom is 1.00 e. The van der Waals surface area contributed by atoms with Crippen LogP contribution in [0.1, 0.15) is 77.6 Å². The van der Waals surface area contributed by atoms with E-state index in [4.69, 9.17) is 0 Å². The van der Waals surface area contributed by atoms with Crippen molar-refractivity contribution in [3.63, 3.8) is 0 Å². The normalized spacial score (nSPS) is 11.7. The summed E-state index contributed by atoms with van der Waals surface area (Å²) in [5.41, 5.74) is 0. The molecule has 0 aromatic rings. The van der Waals surface area contributed by atoms with Gasteiger partial charge >= 0.3 is 29.6 Å². The van der Waals surface area contributed by atoms with E-state index in [-0.39, 0.29) is 35.3 Å². The summed E-state index contributed by atoms with van der Waals surface area (Å²) in [6, 6.07) is 0. The first-order chi connectivity index (χ1) is 9.06. The number of allylic oxidation sites excluding steroid dienone is 1. The molecule has 5 heteroatoms. The van der Waals surface area contributed by atoms with Gasteiger partial charge in [0.05, 0.1) is 15.9 Å². The summed E-state index contributed by atoms with van der Waals surface area (Å²) >= 11 is 0. The van der Waals surface area contributed by atoms with Crippen molar-refractivity contribution in [2.24, 2.45) is 0 Å². The molecule has 3 nitrogen and oxygen atoms in total. The molecule has 0 saturated carbocycles. The van der Waals surface area contributed by atoms with Crippen LogP contribution in [0.5, 0.6) is 0 Å². The van der Waals surface area contributed by atoms with Crippen LogP contribution in [0, 0.1) is 0 Å². The van der Waals surface area contributed by atoms with Gasteiger partial charge in [0.2, 0.25) is 0 Å². The molecule has 0 radical (unpaired) electrons. The fourth-order valence-electron chi connectivity index (χ4n) is 2.05. The Morgan fingerprint density at radius 1 is 0.800 bits per heavy atom. The Labute approximate surface area is 147 Å². The Morgan fingerprint density at radius 3 is 1.70 bits per heavy atom. The quantitative estimate of drug-likeness (QED) is 0.224. The fraction of sp³-hybridized carbons (Fsp3) is 0.867. The van der Waals surface area contributed by atoms with Crippen molar-refractivity contribution in [2.45, 2.75) is 77.6 Å². The third-order valence-electron chi connectivity index (χ3n) is 3.19. The minimum atomic E-state index is -4.08. The van der Waals surface area contributed by atoms with Gasteiger partial charge in [-0.15, -0.1) is 0 Å². The summed E-state index contributed by atoms with van der Waals surface area (Å²) < 4.78 is 31.0. The molecule has 0 saturated heterocycles. The summed E-state index contributed by atoms with van der Waals surface area (Å²) in [4.78, 5) is 0. The molecule has 0 spiro atoms. The molecule has 0 aliphatic heterocycles. The van der Waals surface area contributed by atoms with Gasteiger partial charge in [-0.25, -0.2) is 8.42 Å². The van der Waals surface area contributed by atoms with Crippen molar-refractivity contribution >= 4 is 10.1 Å². The molecule has 0 amide bonds. The number of hydrogen-bond acceptors (Lipinski definition) is 3. The molecular formula is C15H29NaO3S. The van der Waals surface area contributed by atoms with Crippen LogP contribution >= 0.6 is 0 Å². The summed E-state index contributed by atoms with van der Waals surface area (Å²) in [6.07, 6.45) is 17.1. The zero-order valence-electron chi connectivity index (χ0n) is 13.3. The van der Waals surface area contributed by atoms with Crippen LogP contribution in [0.2, 0.25) is 0 Å². The number of rotatable bonds is 13. The van der Waals surface area contributed by atoms with Gasteiger partial charge in [0.25, 0.3) is 0 Å². The Balaban J connectivity index is 0. The largest absolute Gasteiger partial charge is 1.00 e. The second kappa shape index (κ2) is 16.0. The average Bonchev–Trinajstić information content (AvgIpc) is 2.34. The zero-order valence-corrected chi connectivity index (χ0v) is 16.1. The molecule has 0 aromatic heterocycles. The van der Waals surface area contributed by atoms with Crippen molar-refractivity contribution in [1.82, 2.24) is 0 Å². The van der Waals surface area contributed by atoms with Crippen molar-refractivity contribution < 1.29 is 42.5 Å². The van der Waals surface area contributed by atoms with E-state index in [0.29, 0.717) is 0 Å². The Morgan fingerprint density at radius 2 is 1.25 bits per heavy atom. The van der Waals surface area contributed by atoms with E-state index < -0.39 is 10.1 Å². The predicted molar refractivity (Wildman–Crippen MR) is 80.2 cm³/mol. The molecule has 0 fully saturated rings. The average molecular weight is 312 g/mol. The smallest absolute Gasteiger partial charge is 0.748 e. The zero-order chi connectivity index (χ0) is 14.4. The van der Waals surface area contributed by atoms with Crippen LogP contribution in [0.3, 0.4) is 0 Å². The van der Waals surface area contributed by atoms with Crippen LogP contribution < -0.4 is 29.6 Å². The van der Waals surface area contributed by atoms with Crippen LogP contribution in [0.15, 0.2) is 12.2 Å². The Bertz CT molecular complexity index is 313. The predicted octanol–water partition coefficient (Wildman–Crippen LogP) is 1.40.